The highest BCUT2D eigenvalue weighted by Crippen LogP contribution is 2.32. The molecule has 0 radical (unpaired) electrons. The van der Waals surface area contributed by atoms with Crippen molar-refractivity contribution in [1.29, 1.82) is 0 Å². The van der Waals surface area contributed by atoms with Gasteiger partial charge in [0.2, 0.25) is 5.91 Å². The van der Waals surface area contributed by atoms with E-state index in [1.807, 2.05) is 41.0 Å². The molecule has 7 heteroatoms. The van der Waals surface area contributed by atoms with Crippen LogP contribution in [0.4, 0.5) is 5.69 Å². The molecular formula is C27H21ClN4OS. The van der Waals surface area contributed by atoms with Crippen LogP contribution in [0.5, 0.6) is 0 Å². The molecule has 0 atom stereocenters. The van der Waals surface area contributed by atoms with E-state index in [0.717, 1.165) is 27.8 Å². The molecule has 168 valence electrons. The molecule has 5 aromatic rings. The van der Waals surface area contributed by atoms with E-state index in [2.05, 4.69) is 58.8 Å². The fourth-order valence-corrected chi connectivity index (χ4v) is 4.70. The number of benzene rings is 4. The number of carbonyl (C=O) groups is 1. The average molecular weight is 485 g/mol. The number of rotatable bonds is 6. The first-order valence-corrected chi connectivity index (χ1v) is 12.1. The molecule has 0 saturated carbocycles. The first-order valence-electron chi connectivity index (χ1n) is 10.8. The van der Waals surface area contributed by atoms with Crippen LogP contribution in [0.3, 0.4) is 0 Å². The van der Waals surface area contributed by atoms with Gasteiger partial charge in [-0.15, -0.1) is 10.2 Å². The first-order chi connectivity index (χ1) is 16.6. The second-order valence-corrected chi connectivity index (χ2v) is 9.23. The van der Waals surface area contributed by atoms with Gasteiger partial charge in [0.25, 0.3) is 0 Å². The van der Waals surface area contributed by atoms with E-state index in [4.69, 9.17) is 11.6 Å². The van der Waals surface area contributed by atoms with E-state index in [1.54, 1.807) is 18.2 Å². The summed E-state index contributed by atoms with van der Waals surface area (Å²) in [5, 5.41) is 15.3. The van der Waals surface area contributed by atoms with Crippen molar-refractivity contribution in [2.45, 2.75) is 12.1 Å². The van der Waals surface area contributed by atoms with Crippen LogP contribution in [0.15, 0.2) is 96.2 Å². The largest absolute Gasteiger partial charge is 0.325 e. The minimum absolute atomic E-state index is 0.142. The molecule has 0 unspecified atom stereocenters. The lowest BCUT2D eigenvalue weighted by Crippen LogP contribution is -2.14. The Kier molecular flexibility index (Phi) is 6.34. The summed E-state index contributed by atoms with van der Waals surface area (Å²) in [6, 6.07) is 29.7. The topological polar surface area (TPSA) is 59.8 Å². The maximum Gasteiger partial charge on any atom is 0.234 e. The van der Waals surface area contributed by atoms with Crippen LogP contribution < -0.4 is 5.32 Å². The van der Waals surface area contributed by atoms with Crippen LogP contribution in [-0.4, -0.2) is 26.4 Å². The fourth-order valence-electron chi connectivity index (χ4n) is 3.77. The van der Waals surface area contributed by atoms with E-state index >= 15 is 0 Å². The normalized spacial score (nSPS) is 11.0. The van der Waals surface area contributed by atoms with Crippen LogP contribution in [0, 0.1) is 6.92 Å². The predicted octanol–water partition coefficient (Wildman–Crippen LogP) is 6.78. The summed E-state index contributed by atoms with van der Waals surface area (Å²) in [7, 11) is 0. The Morgan fingerprint density at radius 2 is 1.71 bits per heavy atom. The molecule has 1 heterocycles. The van der Waals surface area contributed by atoms with Gasteiger partial charge in [0.05, 0.1) is 11.4 Å². The van der Waals surface area contributed by atoms with E-state index in [9.17, 15) is 4.79 Å². The molecule has 0 bridgehead atoms. The van der Waals surface area contributed by atoms with Gasteiger partial charge in [-0.3, -0.25) is 9.36 Å². The van der Waals surface area contributed by atoms with E-state index < -0.39 is 0 Å². The number of hydrogen-bond donors (Lipinski definition) is 1. The number of nitrogens with one attached hydrogen (secondary N) is 1. The summed E-state index contributed by atoms with van der Waals surface area (Å²) in [5.74, 6) is 0.772. The van der Waals surface area contributed by atoms with Gasteiger partial charge >= 0.3 is 0 Å². The number of aryl methyl sites for hydroxylation is 1. The van der Waals surface area contributed by atoms with Gasteiger partial charge in [-0.2, -0.15) is 0 Å². The van der Waals surface area contributed by atoms with Gasteiger partial charge in [-0.25, -0.2) is 0 Å². The number of fused-ring (bicyclic) bond motifs is 1. The number of anilines is 1. The highest BCUT2D eigenvalue weighted by Gasteiger charge is 2.19. The lowest BCUT2D eigenvalue weighted by atomic mass is 10.1. The SMILES string of the molecule is Cc1ccc(-c2nnc(SCC(=O)Nc3cccc(Cl)c3)n2-c2cccc3ccccc23)cc1. The van der Waals surface area contributed by atoms with Crippen LogP contribution >= 0.6 is 23.4 Å². The van der Waals surface area contributed by atoms with E-state index in [1.165, 1.54) is 17.3 Å². The molecule has 5 nitrogen and oxygen atoms in total. The third-order valence-electron chi connectivity index (χ3n) is 5.39. The molecule has 1 N–H and O–H groups in total. The third kappa shape index (κ3) is 4.69. The summed E-state index contributed by atoms with van der Waals surface area (Å²) in [6.07, 6.45) is 0. The highest BCUT2D eigenvalue weighted by molar-refractivity contribution is 7.99. The fraction of sp³-hybridized carbons (Fsp3) is 0.0741. The summed E-state index contributed by atoms with van der Waals surface area (Å²) < 4.78 is 2.03. The number of aromatic nitrogens is 3. The second kappa shape index (κ2) is 9.71. The maximum atomic E-state index is 12.6. The molecule has 1 aromatic heterocycles. The van der Waals surface area contributed by atoms with Crippen molar-refractivity contribution in [2.75, 3.05) is 11.1 Å². The maximum absolute atomic E-state index is 12.6. The molecule has 0 saturated heterocycles. The van der Waals surface area contributed by atoms with Crippen molar-refractivity contribution in [2.24, 2.45) is 0 Å². The van der Waals surface area contributed by atoms with Crippen molar-refractivity contribution in [3.8, 4) is 17.1 Å². The lowest BCUT2D eigenvalue weighted by Gasteiger charge is -2.13. The smallest absolute Gasteiger partial charge is 0.234 e. The minimum atomic E-state index is -0.142. The summed E-state index contributed by atoms with van der Waals surface area (Å²) >= 11 is 7.38. The van der Waals surface area contributed by atoms with Crippen LogP contribution in [-0.2, 0) is 4.79 Å². The Hall–Kier alpha value is -3.61. The number of hydrogen-bond acceptors (Lipinski definition) is 4. The standard InChI is InChI=1S/C27H21ClN4OS/c1-18-12-14-20(15-13-18)26-30-31-27(34-17-25(33)29-22-9-5-8-21(28)16-22)32(26)24-11-4-7-19-6-2-3-10-23(19)24/h2-16H,17H2,1H3,(H,29,33). The number of nitrogens with zero attached hydrogens (tertiary/aromatic N) is 3. The summed E-state index contributed by atoms with van der Waals surface area (Å²) in [4.78, 5) is 12.6. The van der Waals surface area contributed by atoms with Crippen LogP contribution in [0.1, 0.15) is 5.56 Å². The third-order valence-corrected chi connectivity index (χ3v) is 6.56. The molecule has 0 aliphatic heterocycles. The molecule has 0 spiro atoms. The zero-order valence-electron chi connectivity index (χ0n) is 18.4. The Bertz CT molecular complexity index is 1470. The summed E-state index contributed by atoms with van der Waals surface area (Å²) in [6.45, 7) is 2.05. The molecule has 0 fully saturated rings. The molecule has 5 rings (SSSR count). The number of amides is 1. The highest BCUT2D eigenvalue weighted by atomic mass is 35.5. The number of halogens is 1. The van der Waals surface area contributed by atoms with Crippen molar-refractivity contribution in [1.82, 2.24) is 14.8 Å². The number of carbonyl (C=O) groups excluding carboxylic acids is 1. The Morgan fingerprint density at radius 3 is 2.53 bits per heavy atom. The summed E-state index contributed by atoms with van der Waals surface area (Å²) in [5.41, 5.74) is 3.76. The zero-order chi connectivity index (χ0) is 23.5. The van der Waals surface area contributed by atoms with Crippen molar-refractivity contribution in [3.05, 3.63) is 102 Å². The molecule has 0 aliphatic carbocycles. The number of thioether (sulfide) groups is 1. The monoisotopic (exact) mass is 484 g/mol. The van der Waals surface area contributed by atoms with Gasteiger partial charge in [-0.1, -0.05) is 95.7 Å². The first kappa shape index (κ1) is 22.2. The second-order valence-electron chi connectivity index (χ2n) is 7.85. The van der Waals surface area contributed by atoms with Gasteiger partial charge in [-0.05, 0) is 36.6 Å². The van der Waals surface area contributed by atoms with Crippen molar-refractivity contribution in [3.63, 3.8) is 0 Å². The molecule has 34 heavy (non-hydrogen) atoms. The Balaban J connectivity index is 1.51. The molecular weight excluding hydrogens is 464 g/mol. The van der Waals surface area contributed by atoms with Gasteiger partial charge in [0.15, 0.2) is 11.0 Å². The van der Waals surface area contributed by atoms with Gasteiger partial charge in [0, 0.05) is 21.7 Å². The Morgan fingerprint density at radius 1 is 0.941 bits per heavy atom. The van der Waals surface area contributed by atoms with Gasteiger partial charge in [0.1, 0.15) is 0 Å². The predicted molar refractivity (Wildman–Crippen MR) is 140 cm³/mol. The molecule has 1 amide bonds. The molecule has 4 aromatic carbocycles. The van der Waals surface area contributed by atoms with Crippen molar-refractivity contribution < 1.29 is 4.79 Å². The van der Waals surface area contributed by atoms with Gasteiger partial charge < -0.3 is 5.32 Å². The quantitative estimate of drug-likeness (QED) is 0.270. The van der Waals surface area contributed by atoms with Crippen LogP contribution in [0.25, 0.3) is 27.8 Å². The van der Waals surface area contributed by atoms with Crippen LogP contribution in [0.2, 0.25) is 5.02 Å². The van der Waals surface area contributed by atoms with E-state index in [0.29, 0.717) is 15.9 Å². The van der Waals surface area contributed by atoms with Crippen molar-refractivity contribution >= 4 is 45.7 Å². The lowest BCUT2D eigenvalue weighted by molar-refractivity contribution is -0.113. The zero-order valence-corrected chi connectivity index (χ0v) is 20.0. The molecule has 0 aliphatic rings. The Labute approximate surface area is 206 Å². The van der Waals surface area contributed by atoms with E-state index in [-0.39, 0.29) is 11.7 Å². The minimum Gasteiger partial charge on any atom is -0.325 e. The average Bonchev–Trinajstić information content (AvgIpc) is 3.26.